The number of rotatable bonds is 5. The summed E-state index contributed by atoms with van der Waals surface area (Å²) in [5, 5.41) is 3.51. The Morgan fingerprint density at radius 3 is 2.42 bits per heavy atom. The van der Waals surface area contributed by atoms with Crippen LogP contribution >= 0.6 is 0 Å². The number of carbonyl (C=O) groups excluding carboxylic acids is 1. The van der Waals surface area contributed by atoms with Gasteiger partial charge in [-0.15, -0.1) is 0 Å². The number of likely N-dealkylation sites (N-methyl/N-ethyl adjacent to an activating group) is 1. The van der Waals surface area contributed by atoms with Crippen LogP contribution in [-0.2, 0) is 4.79 Å². The third-order valence-corrected chi connectivity index (χ3v) is 5.20. The maximum Gasteiger partial charge on any atom is 0.236 e. The standard InChI is InChI=1S/C16H30N2O/c1-3-18(4-2)16(19)12-17-15-10-9-13-7-5-6-8-14(13)11-15/h13-15,17H,3-12H2,1-2H3. The molecule has 2 aliphatic carbocycles. The van der Waals surface area contributed by atoms with Crippen LogP contribution in [0.25, 0.3) is 0 Å². The summed E-state index contributed by atoms with van der Waals surface area (Å²) < 4.78 is 0. The van der Waals surface area contributed by atoms with Crippen molar-refractivity contribution in [1.29, 1.82) is 0 Å². The van der Waals surface area contributed by atoms with E-state index in [9.17, 15) is 4.79 Å². The summed E-state index contributed by atoms with van der Waals surface area (Å²) in [5.41, 5.74) is 0. The first kappa shape index (κ1) is 14.8. The lowest BCUT2D eigenvalue weighted by Gasteiger charge is -2.39. The zero-order valence-corrected chi connectivity index (χ0v) is 12.7. The Morgan fingerprint density at radius 2 is 1.74 bits per heavy atom. The summed E-state index contributed by atoms with van der Waals surface area (Å²) in [6, 6.07) is 0.582. The lowest BCUT2D eigenvalue weighted by Crippen LogP contribution is -2.44. The van der Waals surface area contributed by atoms with Gasteiger partial charge < -0.3 is 10.2 Å². The van der Waals surface area contributed by atoms with Crippen LogP contribution in [0.15, 0.2) is 0 Å². The van der Waals surface area contributed by atoms with Crippen molar-refractivity contribution < 1.29 is 4.79 Å². The fourth-order valence-corrected chi connectivity index (χ4v) is 3.98. The number of fused-ring (bicyclic) bond motifs is 1. The minimum atomic E-state index is 0.260. The summed E-state index contributed by atoms with van der Waals surface area (Å²) in [7, 11) is 0. The predicted octanol–water partition coefficient (Wildman–Crippen LogP) is 2.80. The number of hydrogen-bond donors (Lipinski definition) is 1. The lowest BCUT2D eigenvalue weighted by molar-refractivity contribution is -0.130. The lowest BCUT2D eigenvalue weighted by atomic mass is 9.69. The van der Waals surface area contributed by atoms with E-state index in [0.717, 1.165) is 24.9 Å². The van der Waals surface area contributed by atoms with Crippen molar-refractivity contribution in [2.24, 2.45) is 11.8 Å². The van der Waals surface area contributed by atoms with E-state index in [1.165, 1.54) is 44.9 Å². The third-order valence-electron chi connectivity index (χ3n) is 5.20. The second kappa shape index (κ2) is 7.28. The van der Waals surface area contributed by atoms with Gasteiger partial charge in [0.05, 0.1) is 6.54 Å². The first-order chi connectivity index (χ1) is 9.24. The minimum absolute atomic E-state index is 0.260. The first-order valence-electron chi connectivity index (χ1n) is 8.25. The second-order valence-corrected chi connectivity index (χ2v) is 6.26. The molecule has 0 aromatic heterocycles. The maximum atomic E-state index is 12.0. The number of amides is 1. The third kappa shape index (κ3) is 3.95. The van der Waals surface area contributed by atoms with Gasteiger partial charge in [-0.3, -0.25) is 4.79 Å². The van der Waals surface area contributed by atoms with Crippen molar-refractivity contribution in [3.05, 3.63) is 0 Å². The molecule has 2 saturated carbocycles. The van der Waals surface area contributed by atoms with Crippen LogP contribution in [0.1, 0.15) is 58.8 Å². The fourth-order valence-electron chi connectivity index (χ4n) is 3.98. The molecule has 0 spiro atoms. The van der Waals surface area contributed by atoms with Crippen LogP contribution in [0, 0.1) is 11.8 Å². The van der Waals surface area contributed by atoms with Crippen molar-refractivity contribution in [2.75, 3.05) is 19.6 Å². The minimum Gasteiger partial charge on any atom is -0.342 e. The van der Waals surface area contributed by atoms with Crippen LogP contribution < -0.4 is 5.32 Å². The molecular formula is C16H30N2O. The van der Waals surface area contributed by atoms with E-state index in [1.807, 2.05) is 4.90 Å². The van der Waals surface area contributed by atoms with E-state index in [1.54, 1.807) is 0 Å². The maximum absolute atomic E-state index is 12.0. The Morgan fingerprint density at radius 1 is 1.05 bits per heavy atom. The van der Waals surface area contributed by atoms with E-state index in [2.05, 4.69) is 19.2 Å². The van der Waals surface area contributed by atoms with Crippen molar-refractivity contribution in [2.45, 2.75) is 64.8 Å². The van der Waals surface area contributed by atoms with Gasteiger partial charge in [0.25, 0.3) is 0 Å². The van der Waals surface area contributed by atoms with Gasteiger partial charge >= 0.3 is 0 Å². The predicted molar refractivity (Wildman–Crippen MR) is 79.0 cm³/mol. The smallest absolute Gasteiger partial charge is 0.236 e. The number of nitrogens with zero attached hydrogens (tertiary/aromatic N) is 1. The Labute approximate surface area is 118 Å². The molecule has 0 radical (unpaired) electrons. The van der Waals surface area contributed by atoms with Gasteiger partial charge in [0.2, 0.25) is 5.91 Å². The Bertz CT molecular complexity index is 288. The van der Waals surface area contributed by atoms with Crippen LogP contribution in [0.2, 0.25) is 0 Å². The molecular weight excluding hydrogens is 236 g/mol. The second-order valence-electron chi connectivity index (χ2n) is 6.26. The highest BCUT2D eigenvalue weighted by Gasteiger charge is 2.32. The van der Waals surface area contributed by atoms with Crippen LogP contribution in [-0.4, -0.2) is 36.5 Å². The van der Waals surface area contributed by atoms with Crippen LogP contribution in [0.4, 0.5) is 0 Å². The summed E-state index contributed by atoms with van der Waals surface area (Å²) >= 11 is 0. The van der Waals surface area contributed by atoms with Gasteiger partial charge in [-0.2, -0.15) is 0 Å². The monoisotopic (exact) mass is 266 g/mol. The molecule has 2 fully saturated rings. The van der Waals surface area contributed by atoms with E-state index in [0.29, 0.717) is 12.6 Å². The van der Waals surface area contributed by atoms with E-state index in [4.69, 9.17) is 0 Å². The van der Waals surface area contributed by atoms with Gasteiger partial charge in [-0.05, 0) is 44.9 Å². The zero-order chi connectivity index (χ0) is 13.7. The number of hydrogen-bond acceptors (Lipinski definition) is 2. The highest BCUT2D eigenvalue weighted by atomic mass is 16.2. The molecule has 110 valence electrons. The molecule has 1 N–H and O–H groups in total. The highest BCUT2D eigenvalue weighted by Crippen LogP contribution is 2.40. The highest BCUT2D eigenvalue weighted by molar-refractivity contribution is 5.78. The molecule has 1 amide bonds. The molecule has 3 heteroatoms. The number of nitrogens with one attached hydrogen (secondary N) is 1. The van der Waals surface area contributed by atoms with Crippen molar-refractivity contribution in [3.63, 3.8) is 0 Å². The van der Waals surface area contributed by atoms with Crippen LogP contribution in [0.5, 0.6) is 0 Å². The van der Waals surface area contributed by atoms with Gasteiger partial charge in [-0.25, -0.2) is 0 Å². The topological polar surface area (TPSA) is 32.3 Å². The van der Waals surface area contributed by atoms with Crippen molar-refractivity contribution >= 4 is 5.91 Å². The summed E-state index contributed by atoms with van der Waals surface area (Å²) in [6.07, 6.45) is 9.69. The molecule has 0 aromatic carbocycles. The molecule has 3 nitrogen and oxygen atoms in total. The van der Waals surface area contributed by atoms with Gasteiger partial charge in [0.15, 0.2) is 0 Å². The van der Waals surface area contributed by atoms with Crippen LogP contribution in [0.3, 0.4) is 0 Å². The Balaban J connectivity index is 1.73. The van der Waals surface area contributed by atoms with E-state index >= 15 is 0 Å². The Kier molecular flexibility index (Phi) is 5.68. The van der Waals surface area contributed by atoms with Gasteiger partial charge in [-0.1, -0.05) is 25.7 Å². The van der Waals surface area contributed by atoms with E-state index in [-0.39, 0.29) is 5.91 Å². The Hall–Kier alpha value is -0.570. The van der Waals surface area contributed by atoms with Crippen molar-refractivity contribution in [1.82, 2.24) is 10.2 Å². The normalized spacial score (nSPS) is 30.7. The summed E-state index contributed by atoms with van der Waals surface area (Å²) in [6.45, 7) is 6.28. The van der Waals surface area contributed by atoms with Gasteiger partial charge in [0, 0.05) is 19.1 Å². The molecule has 0 aromatic rings. The van der Waals surface area contributed by atoms with Crippen molar-refractivity contribution in [3.8, 4) is 0 Å². The zero-order valence-electron chi connectivity index (χ0n) is 12.7. The largest absolute Gasteiger partial charge is 0.342 e. The SMILES string of the molecule is CCN(CC)C(=O)CNC1CCC2CCCCC2C1. The average Bonchev–Trinajstić information content (AvgIpc) is 2.46. The molecule has 0 heterocycles. The molecule has 2 rings (SSSR count). The molecule has 3 atom stereocenters. The number of carbonyl (C=O) groups is 1. The quantitative estimate of drug-likeness (QED) is 0.830. The summed E-state index contributed by atoms with van der Waals surface area (Å²) in [4.78, 5) is 13.9. The molecule has 0 bridgehead atoms. The van der Waals surface area contributed by atoms with E-state index < -0.39 is 0 Å². The fraction of sp³-hybridized carbons (Fsp3) is 0.938. The summed E-state index contributed by atoms with van der Waals surface area (Å²) in [5.74, 6) is 2.18. The molecule has 3 unspecified atom stereocenters. The molecule has 19 heavy (non-hydrogen) atoms. The molecule has 0 saturated heterocycles. The van der Waals surface area contributed by atoms with Gasteiger partial charge in [0.1, 0.15) is 0 Å². The molecule has 0 aliphatic heterocycles. The molecule has 2 aliphatic rings. The first-order valence-corrected chi connectivity index (χ1v) is 8.25. The average molecular weight is 266 g/mol.